The smallest absolute Gasteiger partial charge is 0.261 e. The van der Waals surface area contributed by atoms with Gasteiger partial charge in [0.2, 0.25) is 5.91 Å². The molecule has 2 aromatic heterocycles. The lowest BCUT2D eigenvalue weighted by Crippen LogP contribution is -2.40. The van der Waals surface area contributed by atoms with Crippen molar-refractivity contribution in [2.24, 2.45) is 17.1 Å². The summed E-state index contributed by atoms with van der Waals surface area (Å²) in [5.74, 6) is 0.285. The number of nitrogens with one attached hydrogen (secondary N) is 4. The Kier molecular flexibility index (Phi) is 7.26. The van der Waals surface area contributed by atoms with Crippen molar-refractivity contribution in [1.82, 2.24) is 21.2 Å². The second-order valence-electron chi connectivity index (χ2n) is 11.4. The lowest BCUT2D eigenvalue weighted by molar-refractivity contribution is -0.117. The highest BCUT2D eigenvalue weighted by Crippen LogP contribution is 2.38. The molecule has 2 aliphatic rings. The van der Waals surface area contributed by atoms with Gasteiger partial charge in [0, 0.05) is 29.0 Å². The number of hydrogen-bond acceptors (Lipinski definition) is 7. The molecule has 0 spiro atoms. The third-order valence-electron chi connectivity index (χ3n) is 7.54. The number of pyridine rings is 1. The predicted molar refractivity (Wildman–Crippen MR) is 153 cm³/mol. The molecule has 3 heterocycles. The van der Waals surface area contributed by atoms with Crippen LogP contribution in [0.15, 0.2) is 48.2 Å². The third-order valence-corrected chi connectivity index (χ3v) is 8.59. The Hall–Kier alpha value is -3.27. The highest BCUT2D eigenvalue weighted by Gasteiger charge is 2.30. The lowest BCUT2D eigenvalue weighted by Gasteiger charge is -2.34. The first-order valence-electron chi connectivity index (χ1n) is 13.1. The molecule has 1 unspecified atom stereocenters. The summed E-state index contributed by atoms with van der Waals surface area (Å²) in [7, 11) is 0. The maximum absolute atomic E-state index is 13.3. The molecule has 9 heteroatoms. The fraction of sp³-hybridized carbons (Fsp3) is 0.414. The van der Waals surface area contributed by atoms with E-state index in [4.69, 9.17) is 10.7 Å². The van der Waals surface area contributed by atoms with E-state index in [9.17, 15) is 9.59 Å². The van der Waals surface area contributed by atoms with Crippen LogP contribution < -0.4 is 27.2 Å². The number of thiophene rings is 1. The summed E-state index contributed by atoms with van der Waals surface area (Å²) in [6, 6.07) is 10.7. The van der Waals surface area contributed by atoms with Crippen LogP contribution in [0.4, 0.5) is 5.69 Å². The van der Waals surface area contributed by atoms with Gasteiger partial charge in [0.1, 0.15) is 10.9 Å². The van der Waals surface area contributed by atoms with Gasteiger partial charge < -0.3 is 21.8 Å². The topological polar surface area (TPSA) is 121 Å². The number of rotatable bonds is 6. The standard InChI is InChI=1S/C29H36N6O2S/c1-16-10-23(35-34-16)26(36)31-21-7-5-6-17(13-21)24(15-30)32-27(37)25-14-19-11-18-12-20(29(2,3)4)8-9-22(18)33-28(19)38-25/h5-7,10-11,13-14,20,23-24,34-35H,8-9,12,15,30H2,1-4H3,(H,31,36)(H,32,37)/t20-,23?,24-/m1/s1. The van der Waals surface area contributed by atoms with Gasteiger partial charge in [0.05, 0.1) is 10.9 Å². The van der Waals surface area contributed by atoms with Crippen molar-refractivity contribution in [1.29, 1.82) is 0 Å². The zero-order chi connectivity index (χ0) is 27.0. The van der Waals surface area contributed by atoms with Gasteiger partial charge in [-0.3, -0.25) is 9.59 Å². The average Bonchev–Trinajstić information content (AvgIpc) is 3.51. The number of benzene rings is 1. The van der Waals surface area contributed by atoms with Crippen LogP contribution >= 0.6 is 11.3 Å². The van der Waals surface area contributed by atoms with Gasteiger partial charge in [0.15, 0.2) is 0 Å². The van der Waals surface area contributed by atoms with Crippen LogP contribution in [0, 0.1) is 11.3 Å². The number of hydrazine groups is 1. The Morgan fingerprint density at radius 2 is 2.05 bits per heavy atom. The number of aromatic nitrogens is 1. The number of nitrogens with zero attached hydrogens (tertiary/aromatic N) is 1. The molecule has 3 aromatic rings. The third kappa shape index (κ3) is 5.60. The molecular weight excluding hydrogens is 496 g/mol. The maximum Gasteiger partial charge on any atom is 0.261 e. The van der Waals surface area contributed by atoms with Gasteiger partial charge in [-0.25, -0.2) is 10.4 Å². The second kappa shape index (κ2) is 10.5. The van der Waals surface area contributed by atoms with Crippen LogP contribution in [0.1, 0.15) is 66.7 Å². The van der Waals surface area contributed by atoms with E-state index >= 15 is 0 Å². The van der Waals surface area contributed by atoms with Gasteiger partial charge >= 0.3 is 0 Å². The van der Waals surface area contributed by atoms with E-state index in [-0.39, 0.29) is 23.8 Å². The van der Waals surface area contributed by atoms with Crippen LogP contribution in [-0.2, 0) is 17.6 Å². The summed E-state index contributed by atoms with van der Waals surface area (Å²) in [5.41, 5.74) is 17.0. The van der Waals surface area contributed by atoms with Crippen molar-refractivity contribution in [2.75, 3.05) is 11.9 Å². The quantitative estimate of drug-likeness (QED) is 0.325. The number of nitrogens with two attached hydrogens (primary N) is 1. The number of carbonyl (C=O) groups excluding carboxylic acids is 2. The van der Waals surface area contributed by atoms with E-state index in [2.05, 4.69) is 48.3 Å². The number of fused-ring (bicyclic) bond motifs is 2. The summed E-state index contributed by atoms with van der Waals surface area (Å²) in [5, 5.41) is 7.01. The van der Waals surface area contributed by atoms with E-state index in [1.807, 2.05) is 43.3 Å². The molecule has 1 aromatic carbocycles. The highest BCUT2D eigenvalue weighted by atomic mass is 32.1. The van der Waals surface area contributed by atoms with Crippen molar-refractivity contribution < 1.29 is 9.59 Å². The predicted octanol–water partition coefficient (Wildman–Crippen LogP) is 4.20. The number of anilines is 1. The summed E-state index contributed by atoms with van der Waals surface area (Å²) < 4.78 is 0. The van der Waals surface area contributed by atoms with Crippen LogP contribution in [0.3, 0.4) is 0 Å². The molecule has 8 nitrogen and oxygen atoms in total. The largest absolute Gasteiger partial charge is 0.343 e. The normalized spacial score (nSPS) is 19.9. The Balaban J connectivity index is 1.29. The van der Waals surface area contributed by atoms with Crippen LogP contribution in [0.5, 0.6) is 0 Å². The number of hydrogen-bond donors (Lipinski definition) is 5. The molecule has 6 N–H and O–H groups in total. The Labute approximate surface area is 227 Å². The Morgan fingerprint density at radius 1 is 1.24 bits per heavy atom. The molecule has 2 amide bonds. The molecule has 0 saturated heterocycles. The minimum absolute atomic E-state index is 0.172. The molecule has 0 bridgehead atoms. The van der Waals surface area contributed by atoms with E-state index in [0.29, 0.717) is 16.5 Å². The van der Waals surface area contributed by atoms with Crippen molar-refractivity contribution in [3.05, 3.63) is 69.9 Å². The molecule has 200 valence electrons. The monoisotopic (exact) mass is 532 g/mol. The fourth-order valence-corrected chi connectivity index (χ4v) is 6.14. The molecule has 1 aliphatic carbocycles. The van der Waals surface area contributed by atoms with Crippen molar-refractivity contribution in [3.8, 4) is 0 Å². The van der Waals surface area contributed by atoms with Gasteiger partial charge in [0.25, 0.3) is 5.91 Å². The molecule has 1 aliphatic heterocycles. The molecular formula is C29H36N6O2S. The molecule has 38 heavy (non-hydrogen) atoms. The minimum Gasteiger partial charge on any atom is -0.343 e. The highest BCUT2D eigenvalue weighted by molar-refractivity contribution is 7.20. The Morgan fingerprint density at radius 3 is 2.76 bits per heavy atom. The van der Waals surface area contributed by atoms with Crippen molar-refractivity contribution in [2.45, 2.75) is 59.0 Å². The lowest BCUT2D eigenvalue weighted by atomic mass is 9.71. The molecule has 0 radical (unpaired) electrons. The van der Waals surface area contributed by atoms with E-state index in [1.165, 1.54) is 22.6 Å². The van der Waals surface area contributed by atoms with Crippen LogP contribution in [0.25, 0.3) is 10.2 Å². The maximum atomic E-state index is 13.3. The Bertz CT molecular complexity index is 1410. The summed E-state index contributed by atoms with van der Waals surface area (Å²) >= 11 is 1.42. The van der Waals surface area contributed by atoms with Crippen LogP contribution in [-0.4, -0.2) is 29.4 Å². The minimum atomic E-state index is -0.449. The number of allylic oxidation sites excluding steroid dienone is 1. The van der Waals surface area contributed by atoms with E-state index in [1.54, 1.807) is 0 Å². The first-order valence-corrected chi connectivity index (χ1v) is 14.0. The second-order valence-corrected chi connectivity index (χ2v) is 12.4. The molecule has 3 atom stereocenters. The van der Waals surface area contributed by atoms with E-state index in [0.717, 1.165) is 40.7 Å². The first kappa shape index (κ1) is 26.3. The zero-order valence-corrected chi connectivity index (χ0v) is 23.2. The molecule has 0 fully saturated rings. The van der Waals surface area contributed by atoms with Crippen LogP contribution in [0.2, 0.25) is 0 Å². The fourth-order valence-electron chi connectivity index (χ4n) is 5.20. The molecule has 0 saturated carbocycles. The van der Waals surface area contributed by atoms with Crippen molar-refractivity contribution in [3.63, 3.8) is 0 Å². The average molecular weight is 533 g/mol. The number of amides is 2. The van der Waals surface area contributed by atoms with Gasteiger partial charge in [-0.2, -0.15) is 0 Å². The SMILES string of the molecule is CC1=CC(C(=O)Nc2cccc([C@@H](CN)NC(=O)c3cc4cc5c(nc4s3)CC[C@@H](C(C)(C)C)C5)c2)NN1. The van der Waals surface area contributed by atoms with Gasteiger partial charge in [-0.15, -0.1) is 11.3 Å². The van der Waals surface area contributed by atoms with E-state index < -0.39 is 12.1 Å². The summed E-state index contributed by atoms with van der Waals surface area (Å²) in [4.78, 5) is 32.3. The van der Waals surface area contributed by atoms with Gasteiger partial charge in [-0.1, -0.05) is 32.9 Å². The number of aryl methyl sites for hydroxylation is 1. The zero-order valence-electron chi connectivity index (χ0n) is 22.4. The number of carbonyl (C=O) groups is 2. The summed E-state index contributed by atoms with van der Waals surface area (Å²) in [6.07, 6.45) is 4.99. The first-order chi connectivity index (χ1) is 18.1. The van der Waals surface area contributed by atoms with Crippen molar-refractivity contribution >= 4 is 39.1 Å². The summed E-state index contributed by atoms with van der Waals surface area (Å²) in [6.45, 7) is 9.04. The van der Waals surface area contributed by atoms with Gasteiger partial charge in [-0.05, 0) is 79.0 Å². The molecule has 5 rings (SSSR count).